The summed E-state index contributed by atoms with van der Waals surface area (Å²) in [6.07, 6.45) is 1.51. The lowest BCUT2D eigenvalue weighted by Gasteiger charge is -2.24. The van der Waals surface area contributed by atoms with Crippen LogP contribution in [0.4, 0.5) is 5.69 Å². The maximum Gasteiger partial charge on any atom is 0.264 e. The van der Waals surface area contributed by atoms with Gasteiger partial charge in [0, 0.05) is 5.02 Å². The van der Waals surface area contributed by atoms with Crippen molar-refractivity contribution >= 4 is 38.9 Å². The van der Waals surface area contributed by atoms with E-state index in [9.17, 15) is 8.42 Å². The number of sulfonamides is 1. The third kappa shape index (κ3) is 3.69. The molecule has 0 aliphatic heterocycles. The predicted octanol–water partition coefficient (Wildman–Crippen LogP) is 4.69. The molecule has 0 aliphatic carbocycles. The van der Waals surface area contributed by atoms with Crippen LogP contribution in [-0.4, -0.2) is 22.1 Å². The molecule has 0 N–H and O–H groups in total. The highest BCUT2D eigenvalue weighted by Gasteiger charge is 2.25. The quantitative estimate of drug-likeness (QED) is 0.677. The van der Waals surface area contributed by atoms with Crippen LogP contribution < -0.4 is 9.04 Å². The molecule has 0 spiro atoms. The van der Waals surface area contributed by atoms with Gasteiger partial charge >= 0.3 is 0 Å². The second-order valence-electron chi connectivity index (χ2n) is 5.05. The largest absolute Gasteiger partial charge is 0.495 e. The molecule has 4 nitrogen and oxygen atoms in total. The zero-order chi connectivity index (χ0) is 17.9. The van der Waals surface area contributed by atoms with Crippen molar-refractivity contribution in [2.75, 3.05) is 18.0 Å². The molecule has 0 unspecified atom stereocenters. The SMILES string of the molecule is C=CCN(c1ccc(C)c(Cl)c1)S(=O)(=O)c1ccc(OC)c(Cl)c1. The van der Waals surface area contributed by atoms with Gasteiger partial charge in [0.1, 0.15) is 5.75 Å². The van der Waals surface area contributed by atoms with E-state index >= 15 is 0 Å². The summed E-state index contributed by atoms with van der Waals surface area (Å²) in [7, 11) is -2.36. The van der Waals surface area contributed by atoms with Gasteiger partial charge in [-0.2, -0.15) is 0 Å². The molecule has 0 bridgehead atoms. The number of ether oxygens (including phenoxy) is 1. The fraction of sp³-hybridized carbons (Fsp3) is 0.176. The molecule has 7 heteroatoms. The fourth-order valence-corrected chi connectivity index (χ4v) is 4.08. The third-order valence-electron chi connectivity index (χ3n) is 3.45. The standard InChI is InChI=1S/C17H17Cl2NO3S/c1-4-9-20(13-6-5-12(2)15(18)10-13)24(21,22)14-7-8-17(23-3)16(19)11-14/h4-8,10-11H,1,9H2,2-3H3. The Morgan fingerprint density at radius 1 is 1.17 bits per heavy atom. The van der Waals surface area contributed by atoms with Crippen molar-refractivity contribution in [1.82, 2.24) is 0 Å². The van der Waals surface area contributed by atoms with Crippen LogP contribution in [0.5, 0.6) is 5.75 Å². The van der Waals surface area contributed by atoms with Crippen molar-refractivity contribution in [3.8, 4) is 5.75 Å². The van der Waals surface area contributed by atoms with Crippen molar-refractivity contribution in [3.05, 3.63) is 64.7 Å². The van der Waals surface area contributed by atoms with Crippen molar-refractivity contribution in [2.24, 2.45) is 0 Å². The molecule has 128 valence electrons. The Kier molecular flexibility index (Phi) is 5.80. The summed E-state index contributed by atoms with van der Waals surface area (Å²) in [6.45, 7) is 5.58. The average molecular weight is 386 g/mol. The highest BCUT2D eigenvalue weighted by Crippen LogP contribution is 2.31. The summed E-state index contributed by atoms with van der Waals surface area (Å²) in [4.78, 5) is 0.0619. The summed E-state index contributed by atoms with van der Waals surface area (Å²) in [5, 5.41) is 0.712. The Morgan fingerprint density at radius 2 is 1.88 bits per heavy atom. The van der Waals surface area contributed by atoms with Gasteiger partial charge in [0.2, 0.25) is 0 Å². The number of hydrogen-bond donors (Lipinski definition) is 0. The first-order valence-corrected chi connectivity index (χ1v) is 9.24. The molecule has 0 saturated heterocycles. The number of rotatable bonds is 6. The molecule has 0 heterocycles. The van der Waals surface area contributed by atoms with E-state index in [4.69, 9.17) is 27.9 Å². The van der Waals surface area contributed by atoms with E-state index in [1.54, 1.807) is 18.2 Å². The monoisotopic (exact) mass is 385 g/mol. The molecule has 0 aliphatic rings. The first-order valence-electron chi connectivity index (χ1n) is 7.04. The molecule has 2 rings (SSSR count). The lowest BCUT2D eigenvalue weighted by Crippen LogP contribution is -2.31. The van der Waals surface area contributed by atoms with Gasteiger partial charge in [0.15, 0.2) is 0 Å². The first kappa shape index (κ1) is 18.6. The minimum atomic E-state index is -3.83. The third-order valence-corrected chi connectivity index (χ3v) is 5.94. The number of anilines is 1. The van der Waals surface area contributed by atoms with Gasteiger partial charge in [-0.05, 0) is 42.8 Å². The second-order valence-corrected chi connectivity index (χ2v) is 7.73. The van der Waals surface area contributed by atoms with Crippen molar-refractivity contribution in [3.63, 3.8) is 0 Å². The Bertz CT molecular complexity index is 866. The fourth-order valence-electron chi connectivity index (χ4n) is 2.13. The van der Waals surface area contributed by atoms with E-state index in [2.05, 4.69) is 6.58 Å². The Morgan fingerprint density at radius 3 is 2.42 bits per heavy atom. The van der Waals surface area contributed by atoms with Gasteiger partial charge < -0.3 is 4.74 Å². The van der Waals surface area contributed by atoms with E-state index in [1.165, 1.54) is 35.7 Å². The summed E-state index contributed by atoms with van der Waals surface area (Å²) >= 11 is 12.2. The topological polar surface area (TPSA) is 46.6 Å². The van der Waals surface area contributed by atoms with Crippen molar-refractivity contribution < 1.29 is 13.2 Å². The van der Waals surface area contributed by atoms with Crippen LogP contribution >= 0.6 is 23.2 Å². The number of halogens is 2. The van der Waals surface area contributed by atoms with Crippen LogP contribution in [0.3, 0.4) is 0 Å². The maximum absolute atomic E-state index is 13.0. The van der Waals surface area contributed by atoms with Gasteiger partial charge in [-0.25, -0.2) is 8.42 Å². The van der Waals surface area contributed by atoms with E-state index in [0.29, 0.717) is 16.5 Å². The Hall–Kier alpha value is -1.69. The molecule has 0 saturated carbocycles. The number of nitrogens with zero attached hydrogens (tertiary/aromatic N) is 1. The Balaban J connectivity index is 2.54. The summed E-state index contributed by atoms with van der Waals surface area (Å²) in [5.41, 5.74) is 1.32. The first-order chi connectivity index (χ1) is 11.3. The van der Waals surface area contributed by atoms with E-state index in [-0.39, 0.29) is 16.5 Å². The number of benzene rings is 2. The van der Waals surface area contributed by atoms with Crippen LogP contribution in [0.1, 0.15) is 5.56 Å². The molecule has 2 aromatic rings. The molecular weight excluding hydrogens is 369 g/mol. The normalized spacial score (nSPS) is 11.2. The zero-order valence-electron chi connectivity index (χ0n) is 13.3. The van der Waals surface area contributed by atoms with E-state index in [1.807, 2.05) is 6.92 Å². The van der Waals surface area contributed by atoms with Crippen LogP contribution in [0, 0.1) is 6.92 Å². The lowest BCUT2D eigenvalue weighted by molar-refractivity contribution is 0.414. The average Bonchev–Trinajstić information content (AvgIpc) is 2.55. The molecule has 0 fully saturated rings. The number of methoxy groups -OCH3 is 1. The summed E-state index contributed by atoms with van der Waals surface area (Å²) in [5.74, 6) is 0.407. The maximum atomic E-state index is 13.0. The summed E-state index contributed by atoms with van der Waals surface area (Å²) < 4.78 is 32.3. The van der Waals surface area contributed by atoms with E-state index in [0.717, 1.165) is 5.56 Å². The highest BCUT2D eigenvalue weighted by molar-refractivity contribution is 7.92. The highest BCUT2D eigenvalue weighted by atomic mass is 35.5. The van der Waals surface area contributed by atoms with Crippen LogP contribution in [-0.2, 0) is 10.0 Å². The van der Waals surface area contributed by atoms with Crippen molar-refractivity contribution in [1.29, 1.82) is 0 Å². The van der Waals surface area contributed by atoms with Crippen LogP contribution in [0.2, 0.25) is 10.0 Å². The molecule has 2 aromatic carbocycles. The number of hydrogen-bond acceptors (Lipinski definition) is 3. The van der Waals surface area contributed by atoms with Gasteiger partial charge in [-0.3, -0.25) is 4.31 Å². The predicted molar refractivity (Wildman–Crippen MR) is 98.9 cm³/mol. The Labute approximate surface area is 152 Å². The van der Waals surface area contributed by atoms with Gasteiger partial charge in [-0.15, -0.1) is 6.58 Å². The summed E-state index contributed by atoms with van der Waals surface area (Å²) in [6, 6.07) is 9.41. The molecule has 0 radical (unpaired) electrons. The lowest BCUT2D eigenvalue weighted by atomic mass is 10.2. The molecule has 0 atom stereocenters. The van der Waals surface area contributed by atoms with Gasteiger partial charge in [0.25, 0.3) is 10.0 Å². The molecule has 24 heavy (non-hydrogen) atoms. The van der Waals surface area contributed by atoms with Gasteiger partial charge in [0.05, 0.1) is 29.3 Å². The minimum Gasteiger partial charge on any atom is -0.495 e. The van der Waals surface area contributed by atoms with Crippen molar-refractivity contribution in [2.45, 2.75) is 11.8 Å². The number of aryl methyl sites for hydroxylation is 1. The zero-order valence-corrected chi connectivity index (χ0v) is 15.6. The van der Waals surface area contributed by atoms with Crippen LogP contribution in [0.15, 0.2) is 53.9 Å². The minimum absolute atomic E-state index is 0.0619. The van der Waals surface area contributed by atoms with Gasteiger partial charge in [-0.1, -0.05) is 35.3 Å². The smallest absolute Gasteiger partial charge is 0.264 e. The van der Waals surface area contributed by atoms with E-state index < -0.39 is 10.0 Å². The molecular formula is C17H17Cl2NO3S. The van der Waals surface area contributed by atoms with Crippen LogP contribution in [0.25, 0.3) is 0 Å². The second kappa shape index (κ2) is 7.47. The molecule has 0 aromatic heterocycles. The molecule has 0 amide bonds.